The Labute approximate surface area is 151 Å². The highest BCUT2D eigenvalue weighted by atomic mass is 16.5. The first-order valence-electron chi connectivity index (χ1n) is 8.50. The lowest BCUT2D eigenvalue weighted by Crippen LogP contribution is -2.23. The van der Waals surface area contributed by atoms with E-state index in [9.17, 15) is 4.79 Å². The van der Waals surface area contributed by atoms with Crippen LogP contribution in [0.1, 0.15) is 21.7 Å². The highest BCUT2D eigenvalue weighted by molar-refractivity contribution is 6.08. The van der Waals surface area contributed by atoms with Gasteiger partial charge >= 0.3 is 0 Å². The Morgan fingerprint density at radius 3 is 2.62 bits per heavy atom. The average molecular weight is 345 g/mol. The van der Waals surface area contributed by atoms with E-state index in [-0.39, 0.29) is 5.91 Å². The maximum absolute atomic E-state index is 12.7. The van der Waals surface area contributed by atoms with Crippen molar-refractivity contribution in [2.75, 3.05) is 7.11 Å². The van der Waals surface area contributed by atoms with Crippen LogP contribution in [-0.4, -0.2) is 13.0 Å². The number of hydrogen-bond acceptors (Lipinski definition) is 3. The van der Waals surface area contributed by atoms with Gasteiger partial charge in [0.25, 0.3) is 5.91 Å². The van der Waals surface area contributed by atoms with Crippen molar-refractivity contribution in [3.63, 3.8) is 0 Å². The van der Waals surface area contributed by atoms with E-state index in [0.717, 1.165) is 38.6 Å². The van der Waals surface area contributed by atoms with Crippen molar-refractivity contribution in [3.8, 4) is 5.75 Å². The van der Waals surface area contributed by atoms with Gasteiger partial charge in [0, 0.05) is 28.4 Å². The fourth-order valence-corrected chi connectivity index (χ4v) is 3.27. The lowest BCUT2D eigenvalue weighted by molar-refractivity contribution is 0.0924. The smallest absolute Gasteiger partial charge is 0.287 e. The number of fused-ring (bicyclic) bond motifs is 3. The number of carbonyl (C=O) groups is 1. The zero-order chi connectivity index (χ0) is 18.1. The molecule has 4 heteroatoms. The zero-order valence-electron chi connectivity index (χ0n) is 14.7. The molecule has 0 saturated carbocycles. The SMILES string of the molecule is COc1ccccc1CNC(=O)c1oc2c(ccc3ccccc32)c1C. The van der Waals surface area contributed by atoms with Crippen molar-refractivity contribution >= 4 is 27.6 Å². The van der Waals surface area contributed by atoms with Crippen LogP contribution in [0.3, 0.4) is 0 Å². The van der Waals surface area contributed by atoms with Crippen LogP contribution in [0, 0.1) is 6.92 Å². The molecule has 1 amide bonds. The summed E-state index contributed by atoms with van der Waals surface area (Å²) in [5, 5.41) is 5.99. The van der Waals surface area contributed by atoms with E-state index >= 15 is 0 Å². The molecule has 0 aliphatic heterocycles. The lowest BCUT2D eigenvalue weighted by Gasteiger charge is -2.08. The predicted octanol–water partition coefficient (Wildman–Crippen LogP) is 4.83. The van der Waals surface area contributed by atoms with Gasteiger partial charge in [-0.2, -0.15) is 0 Å². The summed E-state index contributed by atoms with van der Waals surface area (Å²) < 4.78 is 11.3. The molecule has 0 fully saturated rings. The second-order valence-corrected chi connectivity index (χ2v) is 6.21. The number of furan rings is 1. The number of methoxy groups -OCH3 is 1. The standard InChI is InChI=1S/C22H19NO3/c1-14-17-12-11-15-7-3-5-9-18(15)21(17)26-20(14)22(24)23-13-16-8-4-6-10-19(16)25-2/h3-12H,13H2,1-2H3,(H,23,24). The van der Waals surface area contributed by atoms with E-state index in [1.54, 1.807) is 7.11 Å². The number of ether oxygens (including phenoxy) is 1. The van der Waals surface area contributed by atoms with Gasteiger partial charge in [-0.3, -0.25) is 4.79 Å². The number of nitrogens with one attached hydrogen (secondary N) is 1. The highest BCUT2D eigenvalue weighted by Crippen LogP contribution is 2.31. The van der Waals surface area contributed by atoms with Gasteiger partial charge in [0.2, 0.25) is 0 Å². The topological polar surface area (TPSA) is 51.5 Å². The van der Waals surface area contributed by atoms with Crippen LogP contribution >= 0.6 is 0 Å². The number of para-hydroxylation sites is 1. The van der Waals surface area contributed by atoms with Gasteiger partial charge in [0.1, 0.15) is 11.3 Å². The van der Waals surface area contributed by atoms with E-state index in [1.165, 1.54) is 0 Å². The molecule has 0 radical (unpaired) electrons. The van der Waals surface area contributed by atoms with E-state index in [2.05, 4.69) is 11.4 Å². The Morgan fingerprint density at radius 1 is 1.00 bits per heavy atom. The van der Waals surface area contributed by atoms with Crippen LogP contribution in [0.5, 0.6) is 5.75 Å². The summed E-state index contributed by atoms with van der Waals surface area (Å²) in [6.45, 7) is 2.29. The van der Waals surface area contributed by atoms with Gasteiger partial charge in [0.15, 0.2) is 5.76 Å². The van der Waals surface area contributed by atoms with Crippen LogP contribution in [0.4, 0.5) is 0 Å². The molecule has 0 bridgehead atoms. The predicted molar refractivity (Wildman–Crippen MR) is 103 cm³/mol. The minimum absolute atomic E-state index is 0.228. The van der Waals surface area contributed by atoms with Crippen LogP contribution < -0.4 is 10.1 Å². The number of carbonyl (C=O) groups excluding carboxylic acids is 1. The fraction of sp³-hybridized carbons (Fsp3) is 0.136. The zero-order valence-corrected chi connectivity index (χ0v) is 14.7. The molecule has 26 heavy (non-hydrogen) atoms. The normalized spacial score (nSPS) is 11.0. The molecule has 4 aromatic rings. The van der Waals surface area contributed by atoms with E-state index in [0.29, 0.717) is 12.3 Å². The summed E-state index contributed by atoms with van der Waals surface area (Å²) >= 11 is 0. The van der Waals surface area contributed by atoms with E-state index in [4.69, 9.17) is 9.15 Å². The molecule has 4 nitrogen and oxygen atoms in total. The third kappa shape index (κ3) is 2.69. The fourth-order valence-electron chi connectivity index (χ4n) is 3.27. The maximum Gasteiger partial charge on any atom is 0.287 e. The molecular formula is C22H19NO3. The first-order valence-corrected chi connectivity index (χ1v) is 8.50. The molecular weight excluding hydrogens is 326 g/mol. The molecule has 0 aliphatic carbocycles. The van der Waals surface area contributed by atoms with Gasteiger partial charge in [-0.25, -0.2) is 0 Å². The van der Waals surface area contributed by atoms with Crippen molar-refractivity contribution in [1.29, 1.82) is 0 Å². The molecule has 0 atom stereocenters. The van der Waals surface area contributed by atoms with Gasteiger partial charge in [0.05, 0.1) is 7.11 Å². The quantitative estimate of drug-likeness (QED) is 0.576. The Bertz CT molecular complexity index is 1110. The van der Waals surface area contributed by atoms with E-state index in [1.807, 2.05) is 61.5 Å². The molecule has 0 unspecified atom stereocenters. The monoisotopic (exact) mass is 345 g/mol. The van der Waals surface area contributed by atoms with Crippen LogP contribution in [0.2, 0.25) is 0 Å². The van der Waals surface area contributed by atoms with Crippen molar-refractivity contribution in [2.24, 2.45) is 0 Å². The van der Waals surface area contributed by atoms with Crippen molar-refractivity contribution in [1.82, 2.24) is 5.32 Å². The second kappa shape index (κ2) is 6.56. The summed E-state index contributed by atoms with van der Waals surface area (Å²) in [5.74, 6) is 0.875. The van der Waals surface area contributed by atoms with Gasteiger partial charge in [-0.15, -0.1) is 0 Å². The van der Waals surface area contributed by atoms with Crippen molar-refractivity contribution in [2.45, 2.75) is 13.5 Å². The Kier molecular flexibility index (Phi) is 4.09. The minimum atomic E-state index is -0.228. The largest absolute Gasteiger partial charge is 0.496 e. The number of benzene rings is 3. The number of amides is 1. The number of rotatable bonds is 4. The molecule has 4 rings (SSSR count). The summed E-state index contributed by atoms with van der Waals surface area (Å²) in [6, 6.07) is 19.7. The van der Waals surface area contributed by atoms with Crippen LogP contribution in [0.25, 0.3) is 21.7 Å². The molecule has 1 heterocycles. The average Bonchev–Trinajstić information content (AvgIpc) is 3.03. The summed E-state index contributed by atoms with van der Waals surface area (Å²) in [4.78, 5) is 12.7. The van der Waals surface area contributed by atoms with Crippen LogP contribution in [0.15, 0.2) is 65.1 Å². The Morgan fingerprint density at radius 2 is 1.77 bits per heavy atom. The highest BCUT2D eigenvalue weighted by Gasteiger charge is 2.19. The molecule has 0 aliphatic rings. The maximum atomic E-state index is 12.7. The Balaban J connectivity index is 1.67. The summed E-state index contributed by atoms with van der Waals surface area (Å²) in [6.07, 6.45) is 0. The molecule has 130 valence electrons. The third-order valence-electron chi connectivity index (χ3n) is 4.67. The second-order valence-electron chi connectivity index (χ2n) is 6.21. The van der Waals surface area contributed by atoms with Gasteiger partial charge < -0.3 is 14.5 Å². The molecule has 1 aromatic heterocycles. The molecule has 0 spiro atoms. The van der Waals surface area contributed by atoms with Crippen LogP contribution in [-0.2, 0) is 6.54 Å². The molecule has 1 N–H and O–H groups in total. The molecule has 0 saturated heterocycles. The lowest BCUT2D eigenvalue weighted by atomic mass is 10.1. The van der Waals surface area contributed by atoms with Crippen molar-refractivity contribution in [3.05, 3.63) is 77.6 Å². The molecule has 3 aromatic carbocycles. The first kappa shape index (κ1) is 16.2. The van der Waals surface area contributed by atoms with E-state index < -0.39 is 0 Å². The number of aryl methyl sites for hydroxylation is 1. The Hall–Kier alpha value is -3.27. The third-order valence-corrected chi connectivity index (χ3v) is 4.67. The van der Waals surface area contributed by atoms with Crippen molar-refractivity contribution < 1.29 is 13.9 Å². The number of hydrogen-bond donors (Lipinski definition) is 1. The first-order chi connectivity index (χ1) is 12.7. The summed E-state index contributed by atoms with van der Waals surface area (Å²) in [7, 11) is 1.62. The summed E-state index contributed by atoms with van der Waals surface area (Å²) in [5.41, 5.74) is 2.52. The van der Waals surface area contributed by atoms with Gasteiger partial charge in [-0.1, -0.05) is 54.6 Å². The minimum Gasteiger partial charge on any atom is -0.496 e. The van der Waals surface area contributed by atoms with Gasteiger partial charge in [-0.05, 0) is 18.4 Å².